The van der Waals surface area contributed by atoms with Crippen molar-refractivity contribution in [1.82, 2.24) is 20.1 Å². The van der Waals surface area contributed by atoms with Crippen molar-refractivity contribution < 1.29 is 14.3 Å². The zero-order valence-electron chi connectivity index (χ0n) is 14.9. The lowest BCUT2D eigenvalue weighted by Crippen LogP contribution is -2.50. The monoisotopic (exact) mass is 366 g/mol. The van der Waals surface area contributed by atoms with Crippen molar-refractivity contribution in [3.05, 3.63) is 22.2 Å². The number of aromatic nitrogens is 1. The SMILES string of the molecule is COCCCNC(=O)CN1CCN(C(=O)/C=C/c2csc(C)n2)CC1. The van der Waals surface area contributed by atoms with Gasteiger partial charge in [0.15, 0.2) is 0 Å². The number of hydrogen-bond acceptors (Lipinski definition) is 6. The van der Waals surface area contributed by atoms with E-state index in [1.54, 1.807) is 30.6 Å². The Kier molecular flexibility index (Phi) is 8.03. The molecule has 25 heavy (non-hydrogen) atoms. The van der Waals surface area contributed by atoms with E-state index in [4.69, 9.17) is 4.74 Å². The number of methoxy groups -OCH3 is 1. The third-order valence-electron chi connectivity index (χ3n) is 3.93. The summed E-state index contributed by atoms with van der Waals surface area (Å²) in [6.45, 7) is 6.29. The van der Waals surface area contributed by atoms with Crippen LogP contribution in [0.4, 0.5) is 0 Å². The lowest BCUT2D eigenvalue weighted by atomic mass is 10.3. The third kappa shape index (κ3) is 6.93. The Bertz CT molecular complexity index is 594. The van der Waals surface area contributed by atoms with E-state index in [0.29, 0.717) is 45.9 Å². The summed E-state index contributed by atoms with van der Waals surface area (Å²) in [5.74, 6) is 0.0176. The first-order chi connectivity index (χ1) is 12.1. The van der Waals surface area contributed by atoms with Crippen LogP contribution in [-0.4, -0.2) is 79.6 Å². The van der Waals surface area contributed by atoms with Gasteiger partial charge < -0.3 is 15.0 Å². The molecule has 1 aliphatic heterocycles. The fourth-order valence-corrected chi connectivity index (χ4v) is 3.13. The molecular weight excluding hydrogens is 340 g/mol. The molecule has 2 heterocycles. The zero-order chi connectivity index (χ0) is 18.1. The molecule has 0 saturated carbocycles. The highest BCUT2D eigenvalue weighted by Gasteiger charge is 2.21. The molecule has 0 atom stereocenters. The molecule has 1 fully saturated rings. The van der Waals surface area contributed by atoms with Crippen LogP contribution in [0.1, 0.15) is 17.1 Å². The maximum Gasteiger partial charge on any atom is 0.246 e. The molecule has 2 amide bonds. The van der Waals surface area contributed by atoms with Crippen LogP contribution in [0.25, 0.3) is 6.08 Å². The van der Waals surface area contributed by atoms with Gasteiger partial charge in [-0.15, -0.1) is 11.3 Å². The summed E-state index contributed by atoms with van der Waals surface area (Å²) in [7, 11) is 1.65. The second-order valence-corrected chi connectivity index (χ2v) is 6.98. The average molecular weight is 366 g/mol. The molecule has 7 nitrogen and oxygen atoms in total. The van der Waals surface area contributed by atoms with Crippen LogP contribution in [-0.2, 0) is 14.3 Å². The normalized spacial score (nSPS) is 15.7. The topological polar surface area (TPSA) is 74.8 Å². The van der Waals surface area contributed by atoms with E-state index >= 15 is 0 Å². The minimum absolute atomic E-state index is 0.00526. The largest absolute Gasteiger partial charge is 0.385 e. The predicted octanol–water partition coefficient (Wildman–Crippen LogP) is 0.762. The first-order valence-electron chi connectivity index (χ1n) is 8.45. The van der Waals surface area contributed by atoms with Crippen LogP contribution in [0.2, 0.25) is 0 Å². The molecule has 0 unspecified atom stereocenters. The van der Waals surface area contributed by atoms with Gasteiger partial charge in [0.25, 0.3) is 0 Å². The van der Waals surface area contributed by atoms with Gasteiger partial charge in [-0.2, -0.15) is 0 Å². The van der Waals surface area contributed by atoms with E-state index < -0.39 is 0 Å². The van der Waals surface area contributed by atoms with Gasteiger partial charge in [0.05, 0.1) is 17.2 Å². The van der Waals surface area contributed by atoms with Crippen molar-refractivity contribution in [1.29, 1.82) is 0 Å². The molecule has 0 spiro atoms. The average Bonchev–Trinajstić information content (AvgIpc) is 3.03. The summed E-state index contributed by atoms with van der Waals surface area (Å²) in [5, 5.41) is 5.80. The minimum Gasteiger partial charge on any atom is -0.385 e. The van der Waals surface area contributed by atoms with Gasteiger partial charge in [-0.3, -0.25) is 14.5 Å². The van der Waals surface area contributed by atoms with Crippen LogP contribution in [0.3, 0.4) is 0 Å². The summed E-state index contributed by atoms with van der Waals surface area (Å²) in [6, 6.07) is 0. The summed E-state index contributed by atoms with van der Waals surface area (Å²) in [5.41, 5.74) is 0.819. The van der Waals surface area contributed by atoms with Gasteiger partial charge in [0.1, 0.15) is 0 Å². The number of rotatable bonds is 8. The maximum atomic E-state index is 12.2. The molecule has 0 bridgehead atoms. The molecular formula is C17H26N4O3S. The number of aryl methyl sites for hydroxylation is 1. The third-order valence-corrected chi connectivity index (χ3v) is 4.72. The molecule has 1 aromatic heterocycles. The number of thiazole rings is 1. The fraction of sp³-hybridized carbons (Fsp3) is 0.588. The van der Waals surface area contributed by atoms with Crippen LogP contribution < -0.4 is 5.32 Å². The Hall–Kier alpha value is -1.77. The van der Waals surface area contributed by atoms with Gasteiger partial charge in [-0.25, -0.2) is 4.98 Å². The minimum atomic E-state index is -0.00526. The second kappa shape index (κ2) is 10.3. The standard InChI is InChI=1S/C17H26N4O3S/c1-14-19-15(13-25-14)4-5-17(23)21-9-7-20(8-10-21)12-16(22)18-6-3-11-24-2/h4-5,13H,3,6-12H2,1-2H3,(H,18,22)/b5-4+. The lowest BCUT2D eigenvalue weighted by Gasteiger charge is -2.33. The Morgan fingerprint density at radius 2 is 2.12 bits per heavy atom. The number of hydrogen-bond donors (Lipinski definition) is 1. The Morgan fingerprint density at radius 3 is 2.76 bits per heavy atom. The first kappa shape index (κ1) is 19.6. The molecule has 2 rings (SSSR count). The molecule has 1 saturated heterocycles. The molecule has 0 aliphatic carbocycles. The predicted molar refractivity (Wildman–Crippen MR) is 98.4 cm³/mol. The van der Waals surface area contributed by atoms with Crippen molar-refractivity contribution >= 4 is 29.2 Å². The Balaban J connectivity index is 1.67. The number of ether oxygens (including phenoxy) is 1. The van der Waals surface area contributed by atoms with Gasteiger partial charge in [0, 0.05) is 57.9 Å². The number of amides is 2. The lowest BCUT2D eigenvalue weighted by molar-refractivity contribution is -0.128. The fourth-order valence-electron chi connectivity index (χ4n) is 2.55. The van der Waals surface area contributed by atoms with Crippen molar-refractivity contribution in [2.75, 3.05) is 53.0 Å². The molecule has 138 valence electrons. The van der Waals surface area contributed by atoms with E-state index in [1.807, 2.05) is 17.2 Å². The summed E-state index contributed by atoms with van der Waals surface area (Å²) < 4.78 is 4.95. The number of piperazine rings is 1. The highest BCUT2D eigenvalue weighted by Crippen LogP contribution is 2.10. The van der Waals surface area contributed by atoms with Gasteiger partial charge in [-0.1, -0.05) is 0 Å². The van der Waals surface area contributed by atoms with E-state index in [0.717, 1.165) is 17.1 Å². The van der Waals surface area contributed by atoms with Crippen LogP contribution in [0.5, 0.6) is 0 Å². The maximum absolute atomic E-state index is 12.2. The number of nitrogens with one attached hydrogen (secondary N) is 1. The molecule has 0 aromatic carbocycles. The van der Waals surface area contributed by atoms with E-state index in [9.17, 15) is 9.59 Å². The van der Waals surface area contributed by atoms with Crippen LogP contribution in [0.15, 0.2) is 11.5 Å². The van der Waals surface area contributed by atoms with Gasteiger partial charge in [0.2, 0.25) is 11.8 Å². The van der Waals surface area contributed by atoms with Crippen molar-refractivity contribution in [3.8, 4) is 0 Å². The smallest absolute Gasteiger partial charge is 0.246 e. The molecule has 1 aromatic rings. The van der Waals surface area contributed by atoms with Crippen molar-refractivity contribution in [3.63, 3.8) is 0 Å². The van der Waals surface area contributed by atoms with E-state index in [-0.39, 0.29) is 11.8 Å². The van der Waals surface area contributed by atoms with Crippen LogP contribution >= 0.6 is 11.3 Å². The quantitative estimate of drug-likeness (QED) is 0.543. The van der Waals surface area contributed by atoms with E-state index in [2.05, 4.69) is 15.2 Å². The number of carbonyl (C=O) groups is 2. The first-order valence-corrected chi connectivity index (χ1v) is 9.33. The molecule has 0 radical (unpaired) electrons. The van der Waals surface area contributed by atoms with Crippen molar-refractivity contribution in [2.24, 2.45) is 0 Å². The highest BCUT2D eigenvalue weighted by molar-refractivity contribution is 7.09. The van der Waals surface area contributed by atoms with Gasteiger partial charge >= 0.3 is 0 Å². The Morgan fingerprint density at radius 1 is 1.36 bits per heavy atom. The van der Waals surface area contributed by atoms with Crippen molar-refractivity contribution in [2.45, 2.75) is 13.3 Å². The summed E-state index contributed by atoms with van der Waals surface area (Å²) >= 11 is 1.57. The summed E-state index contributed by atoms with van der Waals surface area (Å²) in [6.07, 6.45) is 4.15. The van der Waals surface area contributed by atoms with E-state index in [1.165, 1.54) is 0 Å². The molecule has 8 heteroatoms. The second-order valence-electron chi connectivity index (χ2n) is 5.92. The number of carbonyl (C=O) groups excluding carboxylic acids is 2. The molecule has 1 N–H and O–H groups in total. The van der Waals surface area contributed by atoms with Crippen LogP contribution in [0, 0.1) is 6.92 Å². The Labute approximate surface area is 152 Å². The molecule has 1 aliphatic rings. The number of nitrogens with zero attached hydrogens (tertiary/aromatic N) is 3. The summed E-state index contributed by atoms with van der Waals surface area (Å²) in [4.78, 5) is 32.3. The zero-order valence-corrected chi connectivity index (χ0v) is 15.7. The van der Waals surface area contributed by atoms with Gasteiger partial charge in [-0.05, 0) is 19.4 Å². The highest BCUT2D eigenvalue weighted by atomic mass is 32.1.